The highest BCUT2D eigenvalue weighted by molar-refractivity contribution is 5.94. The third-order valence-electron chi connectivity index (χ3n) is 4.50. The molecular formula is C20H21FN2O2. The summed E-state index contributed by atoms with van der Waals surface area (Å²) in [7, 11) is 0. The highest BCUT2D eigenvalue weighted by atomic mass is 19.1. The van der Waals surface area contributed by atoms with Crippen molar-refractivity contribution in [2.75, 3.05) is 0 Å². The van der Waals surface area contributed by atoms with E-state index in [1.54, 1.807) is 24.3 Å². The average molecular weight is 340 g/mol. The zero-order valence-corrected chi connectivity index (χ0v) is 13.9. The molecule has 2 amide bonds. The van der Waals surface area contributed by atoms with E-state index in [-0.39, 0.29) is 24.7 Å². The molecule has 0 radical (unpaired) electrons. The Morgan fingerprint density at radius 3 is 2.60 bits per heavy atom. The Balaban J connectivity index is 1.55. The molecule has 0 aromatic heterocycles. The van der Waals surface area contributed by atoms with Crippen molar-refractivity contribution in [3.63, 3.8) is 0 Å². The van der Waals surface area contributed by atoms with Gasteiger partial charge in [0, 0.05) is 24.1 Å². The van der Waals surface area contributed by atoms with Crippen LogP contribution >= 0.6 is 0 Å². The van der Waals surface area contributed by atoms with E-state index in [9.17, 15) is 14.0 Å². The van der Waals surface area contributed by atoms with Crippen LogP contribution in [0.3, 0.4) is 0 Å². The Hall–Kier alpha value is -2.69. The molecule has 3 N–H and O–H groups in total. The van der Waals surface area contributed by atoms with Gasteiger partial charge >= 0.3 is 0 Å². The molecule has 3 rings (SSSR count). The number of carbonyl (C=O) groups is 2. The summed E-state index contributed by atoms with van der Waals surface area (Å²) in [5, 5.41) is 2.75. The van der Waals surface area contributed by atoms with Crippen molar-refractivity contribution < 1.29 is 14.0 Å². The molecule has 0 atom stereocenters. The van der Waals surface area contributed by atoms with Crippen molar-refractivity contribution in [3.05, 3.63) is 70.5 Å². The summed E-state index contributed by atoms with van der Waals surface area (Å²) in [6, 6.07) is 12.1. The fourth-order valence-corrected chi connectivity index (χ4v) is 2.91. The van der Waals surface area contributed by atoms with Crippen molar-refractivity contribution in [2.45, 2.75) is 38.1 Å². The van der Waals surface area contributed by atoms with E-state index in [2.05, 4.69) is 5.32 Å². The lowest BCUT2D eigenvalue weighted by Crippen LogP contribution is -2.24. The number of nitrogens with one attached hydrogen (secondary N) is 1. The molecule has 0 heterocycles. The van der Waals surface area contributed by atoms with Crippen LogP contribution in [0, 0.1) is 5.82 Å². The van der Waals surface area contributed by atoms with Crippen molar-refractivity contribution >= 4 is 11.8 Å². The second-order valence-corrected chi connectivity index (χ2v) is 6.42. The van der Waals surface area contributed by atoms with Crippen LogP contribution in [0.25, 0.3) is 0 Å². The first kappa shape index (κ1) is 17.1. The minimum absolute atomic E-state index is 0.169. The minimum atomic E-state index is -0.505. The number of hydrogen-bond donors (Lipinski definition) is 2. The first-order valence-electron chi connectivity index (χ1n) is 8.47. The molecule has 0 spiro atoms. The first-order valence-corrected chi connectivity index (χ1v) is 8.47. The van der Waals surface area contributed by atoms with E-state index in [1.807, 2.05) is 12.1 Å². The maximum atomic E-state index is 13.9. The predicted molar refractivity (Wildman–Crippen MR) is 93.5 cm³/mol. The van der Waals surface area contributed by atoms with Gasteiger partial charge in [-0.1, -0.05) is 30.3 Å². The van der Waals surface area contributed by atoms with Crippen LogP contribution in [-0.2, 0) is 17.8 Å². The molecule has 0 aliphatic heterocycles. The maximum absolute atomic E-state index is 13.9. The Bertz CT molecular complexity index is 800. The van der Waals surface area contributed by atoms with E-state index in [0.29, 0.717) is 23.5 Å². The normalized spacial score (nSPS) is 13.5. The number of amides is 2. The van der Waals surface area contributed by atoms with E-state index in [0.717, 1.165) is 24.0 Å². The van der Waals surface area contributed by atoms with Crippen LogP contribution in [0.1, 0.15) is 52.2 Å². The average Bonchev–Trinajstić information content (AvgIpc) is 3.44. The molecular weight excluding hydrogens is 319 g/mol. The van der Waals surface area contributed by atoms with Gasteiger partial charge in [-0.2, -0.15) is 0 Å². The Labute approximate surface area is 146 Å². The number of rotatable bonds is 7. The highest BCUT2D eigenvalue weighted by Crippen LogP contribution is 2.40. The lowest BCUT2D eigenvalue weighted by atomic mass is 10.0. The predicted octanol–water partition coefficient (Wildman–Crippen LogP) is 3.05. The quantitative estimate of drug-likeness (QED) is 0.813. The van der Waals surface area contributed by atoms with Gasteiger partial charge in [0.2, 0.25) is 11.8 Å². The summed E-state index contributed by atoms with van der Waals surface area (Å²) in [6.07, 6.45) is 2.93. The van der Waals surface area contributed by atoms with Crippen LogP contribution in [0.4, 0.5) is 4.39 Å². The SMILES string of the molecule is NC(=O)c1ccccc1CCC(=O)NCc1cc(C2CC2)ccc1F. The summed E-state index contributed by atoms with van der Waals surface area (Å²) < 4.78 is 13.9. The van der Waals surface area contributed by atoms with Gasteiger partial charge in [0.05, 0.1) is 0 Å². The van der Waals surface area contributed by atoms with Crippen LogP contribution in [0.5, 0.6) is 0 Å². The fraction of sp³-hybridized carbons (Fsp3) is 0.300. The van der Waals surface area contributed by atoms with Crippen molar-refractivity contribution in [1.82, 2.24) is 5.32 Å². The molecule has 4 nitrogen and oxygen atoms in total. The van der Waals surface area contributed by atoms with E-state index >= 15 is 0 Å². The van der Waals surface area contributed by atoms with Gasteiger partial charge in [-0.25, -0.2) is 4.39 Å². The third-order valence-corrected chi connectivity index (χ3v) is 4.50. The van der Waals surface area contributed by atoms with E-state index < -0.39 is 5.91 Å². The standard InChI is InChI=1S/C20H21FN2O2/c21-18-9-7-15(13-5-6-13)11-16(18)12-23-19(24)10-8-14-3-1-2-4-17(14)20(22)25/h1-4,7,9,11,13H,5-6,8,10,12H2,(H2,22,25)(H,23,24). The summed E-state index contributed by atoms with van der Waals surface area (Å²) >= 11 is 0. The number of carbonyl (C=O) groups excluding carboxylic acids is 2. The van der Waals surface area contributed by atoms with Crippen molar-refractivity contribution in [1.29, 1.82) is 0 Å². The molecule has 1 aliphatic rings. The lowest BCUT2D eigenvalue weighted by molar-refractivity contribution is -0.121. The van der Waals surface area contributed by atoms with Gasteiger partial charge in [0.25, 0.3) is 0 Å². The number of aryl methyl sites for hydroxylation is 1. The van der Waals surface area contributed by atoms with Crippen molar-refractivity contribution in [3.8, 4) is 0 Å². The Morgan fingerprint density at radius 2 is 1.88 bits per heavy atom. The first-order chi connectivity index (χ1) is 12.0. The van der Waals surface area contributed by atoms with Crippen LogP contribution in [-0.4, -0.2) is 11.8 Å². The molecule has 2 aromatic rings. The molecule has 25 heavy (non-hydrogen) atoms. The second-order valence-electron chi connectivity index (χ2n) is 6.42. The van der Waals surface area contributed by atoms with Gasteiger partial charge in [-0.15, -0.1) is 0 Å². The summed E-state index contributed by atoms with van der Waals surface area (Å²) in [5.41, 5.74) is 8.16. The third kappa shape index (κ3) is 4.44. The lowest BCUT2D eigenvalue weighted by Gasteiger charge is -2.09. The van der Waals surface area contributed by atoms with Gasteiger partial charge in [-0.05, 0) is 48.4 Å². The monoisotopic (exact) mass is 340 g/mol. The van der Waals surface area contributed by atoms with Crippen LogP contribution in [0.15, 0.2) is 42.5 Å². The summed E-state index contributed by atoms with van der Waals surface area (Å²) in [6.45, 7) is 0.169. The number of hydrogen-bond acceptors (Lipinski definition) is 2. The summed E-state index contributed by atoms with van der Waals surface area (Å²) in [5.74, 6) is -0.449. The fourth-order valence-electron chi connectivity index (χ4n) is 2.91. The Kier molecular flexibility index (Phi) is 5.12. The molecule has 1 fully saturated rings. The van der Waals surface area contributed by atoms with Gasteiger partial charge in [-0.3, -0.25) is 9.59 Å². The minimum Gasteiger partial charge on any atom is -0.366 e. The van der Waals surface area contributed by atoms with Gasteiger partial charge in [0.1, 0.15) is 5.82 Å². The molecule has 2 aromatic carbocycles. The number of nitrogens with two attached hydrogens (primary N) is 1. The second kappa shape index (κ2) is 7.47. The highest BCUT2D eigenvalue weighted by Gasteiger charge is 2.24. The van der Waals surface area contributed by atoms with E-state index in [4.69, 9.17) is 5.73 Å². The molecule has 0 saturated heterocycles. The number of primary amides is 1. The van der Waals surface area contributed by atoms with E-state index in [1.165, 1.54) is 6.07 Å². The van der Waals surface area contributed by atoms with Crippen LogP contribution < -0.4 is 11.1 Å². The largest absolute Gasteiger partial charge is 0.366 e. The zero-order chi connectivity index (χ0) is 17.8. The van der Waals surface area contributed by atoms with Gasteiger partial charge in [0.15, 0.2) is 0 Å². The smallest absolute Gasteiger partial charge is 0.248 e. The topological polar surface area (TPSA) is 72.2 Å². The number of halogens is 1. The molecule has 1 aliphatic carbocycles. The zero-order valence-electron chi connectivity index (χ0n) is 13.9. The summed E-state index contributed by atoms with van der Waals surface area (Å²) in [4.78, 5) is 23.5. The molecule has 0 unspecified atom stereocenters. The van der Waals surface area contributed by atoms with Crippen molar-refractivity contribution in [2.24, 2.45) is 5.73 Å². The molecule has 130 valence electrons. The molecule has 0 bridgehead atoms. The van der Waals surface area contributed by atoms with Gasteiger partial charge < -0.3 is 11.1 Å². The maximum Gasteiger partial charge on any atom is 0.248 e. The number of benzene rings is 2. The molecule has 5 heteroatoms. The molecule has 1 saturated carbocycles. The van der Waals surface area contributed by atoms with Crippen LogP contribution in [0.2, 0.25) is 0 Å². The Morgan fingerprint density at radius 1 is 1.12 bits per heavy atom.